The lowest BCUT2D eigenvalue weighted by atomic mass is 10.1. The average Bonchev–Trinajstić information content (AvgIpc) is 3.47. The summed E-state index contributed by atoms with van der Waals surface area (Å²) in [6.07, 6.45) is 9.12. The number of aromatic amines is 1. The van der Waals surface area contributed by atoms with Crippen molar-refractivity contribution in [3.05, 3.63) is 91.0 Å². The lowest BCUT2D eigenvalue weighted by Gasteiger charge is -2.06. The first-order chi connectivity index (χ1) is 14.9. The van der Waals surface area contributed by atoms with Crippen LogP contribution in [-0.4, -0.2) is 28.5 Å². The molecule has 2 aromatic carbocycles. The van der Waals surface area contributed by atoms with E-state index in [0.29, 0.717) is 16.9 Å². The van der Waals surface area contributed by atoms with Crippen molar-refractivity contribution in [3.63, 3.8) is 0 Å². The number of H-pyrrole nitrogens is 1. The minimum atomic E-state index is -3.75. The SMILES string of the molecule is Nc1ccccc1NC(=O)C=Cc1ccn(S(=O)(=O)c2ccc(-c3cn[nH]c3)cc2)c1. The maximum atomic E-state index is 12.9. The number of nitrogens with zero attached hydrogens (tertiary/aromatic N) is 2. The second-order valence-electron chi connectivity index (χ2n) is 6.70. The smallest absolute Gasteiger partial charge is 0.267 e. The highest BCUT2D eigenvalue weighted by molar-refractivity contribution is 7.90. The molecule has 0 aliphatic heterocycles. The van der Waals surface area contributed by atoms with Gasteiger partial charge in [0.2, 0.25) is 5.91 Å². The van der Waals surface area contributed by atoms with Gasteiger partial charge in [0.25, 0.3) is 10.0 Å². The first-order valence-electron chi connectivity index (χ1n) is 9.30. The van der Waals surface area contributed by atoms with Gasteiger partial charge in [0.05, 0.1) is 22.5 Å². The normalized spacial score (nSPS) is 11.6. The largest absolute Gasteiger partial charge is 0.397 e. The van der Waals surface area contributed by atoms with Crippen LogP contribution in [-0.2, 0) is 14.8 Å². The van der Waals surface area contributed by atoms with Gasteiger partial charge in [0.1, 0.15) is 0 Å². The quantitative estimate of drug-likeness (QED) is 0.318. The fourth-order valence-corrected chi connectivity index (χ4v) is 4.15. The number of carbonyl (C=O) groups is 1. The van der Waals surface area contributed by atoms with Gasteiger partial charge in [-0.1, -0.05) is 24.3 Å². The van der Waals surface area contributed by atoms with Gasteiger partial charge in [-0.25, -0.2) is 12.4 Å². The van der Waals surface area contributed by atoms with Crippen molar-refractivity contribution in [1.29, 1.82) is 0 Å². The Kier molecular flexibility index (Phi) is 5.42. The van der Waals surface area contributed by atoms with Crippen molar-refractivity contribution < 1.29 is 13.2 Å². The Hall–Kier alpha value is -4.11. The zero-order valence-corrected chi connectivity index (χ0v) is 17.1. The predicted octanol–water partition coefficient (Wildman–Crippen LogP) is 3.35. The standard InChI is InChI=1S/C22H19N5O3S/c23-20-3-1-2-4-21(20)26-22(28)10-5-16-11-12-27(15-16)31(29,30)19-8-6-17(7-9-19)18-13-24-25-14-18/h1-15H,23H2,(H,24,25)(H,26,28). The van der Waals surface area contributed by atoms with Crippen LogP contribution in [0.15, 0.2) is 90.4 Å². The number of amides is 1. The number of carbonyl (C=O) groups excluding carboxylic acids is 1. The summed E-state index contributed by atoms with van der Waals surface area (Å²) in [4.78, 5) is 12.3. The van der Waals surface area contributed by atoms with Gasteiger partial charge in [0.15, 0.2) is 0 Å². The number of para-hydroxylation sites is 2. The molecule has 0 aliphatic carbocycles. The molecule has 0 bridgehead atoms. The molecule has 0 radical (unpaired) electrons. The zero-order valence-electron chi connectivity index (χ0n) is 16.3. The van der Waals surface area contributed by atoms with Gasteiger partial charge in [-0.05, 0) is 47.5 Å². The second kappa shape index (κ2) is 8.33. The molecule has 2 heterocycles. The minimum Gasteiger partial charge on any atom is -0.397 e. The summed E-state index contributed by atoms with van der Waals surface area (Å²) >= 11 is 0. The molecule has 0 atom stereocenters. The summed E-state index contributed by atoms with van der Waals surface area (Å²) < 4.78 is 26.9. The maximum absolute atomic E-state index is 12.9. The van der Waals surface area contributed by atoms with Crippen LogP contribution >= 0.6 is 0 Å². The summed E-state index contributed by atoms with van der Waals surface area (Å²) in [7, 11) is -3.75. The third kappa shape index (κ3) is 4.41. The third-order valence-electron chi connectivity index (χ3n) is 4.60. The number of nitrogens with two attached hydrogens (primary N) is 1. The third-order valence-corrected chi connectivity index (χ3v) is 6.25. The van der Waals surface area contributed by atoms with Crippen LogP contribution in [0, 0.1) is 0 Å². The summed E-state index contributed by atoms with van der Waals surface area (Å²) in [6, 6.07) is 15.1. The molecular formula is C22H19N5O3S. The number of benzene rings is 2. The highest BCUT2D eigenvalue weighted by Gasteiger charge is 2.16. The van der Waals surface area contributed by atoms with E-state index >= 15 is 0 Å². The molecule has 4 rings (SSSR count). The first-order valence-corrected chi connectivity index (χ1v) is 10.7. The second-order valence-corrected chi connectivity index (χ2v) is 8.54. The van der Waals surface area contributed by atoms with E-state index in [1.807, 2.05) is 0 Å². The Morgan fingerprint density at radius 1 is 1.06 bits per heavy atom. The molecule has 2 aromatic heterocycles. The lowest BCUT2D eigenvalue weighted by molar-refractivity contribution is -0.111. The molecular weight excluding hydrogens is 414 g/mol. The molecule has 0 fully saturated rings. The maximum Gasteiger partial charge on any atom is 0.267 e. The fraction of sp³-hybridized carbons (Fsp3) is 0. The number of hydrogen-bond acceptors (Lipinski definition) is 5. The number of aromatic nitrogens is 3. The number of nitrogens with one attached hydrogen (secondary N) is 2. The van der Waals surface area contributed by atoms with E-state index in [-0.39, 0.29) is 10.8 Å². The van der Waals surface area contributed by atoms with Gasteiger partial charge >= 0.3 is 0 Å². The van der Waals surface area contributed by atoms with Gasteiger partial charge in [-0.3, -0.25) is 9.89 Å². The van der Waals surface area contributed by atoms with Crippen molar-refractivity contribution in [3.8, 4) is 11.1 Å². The van der Waals surface area contributed by atoms with Gasteiger partial charge in [-0.15, -0.1) is 0 Å². The Bertz CT molecular complexity index is 1340. The molecule has 0 unspecified atom stereocenters. The molecule has 4 aromatic rings. The molecule has 0 spiro atoms. The van der Waals surface area contributed by atoms with E-state index in [9.17, 15) is 13.2 Å². The van der Waals surface area contributed by atoms with Gasteiger partial charge < -0.3 is 11.1 Å². The number of anilines is 2. The van der Waals surface area contributed by atoms with E-state index < -0.39 is 10.0 Å². The van der Waals surface area contributed by atoms with Gasteiger partial charge in [0, 0.05) is 30.2 Å². The van der Waals surface area contributed by atoms with Crippen LogP contribution in [0.25, 0.3) is 17.2 Å². The number of nitrogen functional groups attached to an aromatic ring is 1. The van der Waals surface area contributed by atoms with Crippen molar-refractivity contribution >= 4 is 33.4 Å². The molecule has 0 saturated heterocycles. The number of rotatable bonds is 6. The molecule has 9 heteroatoms. The van der Waals surface area contributed by atoms with E-state index in [0.717, 1.165) is 15.1 Å². The summed E-state index contributed by atoms with van der Waals surface area (Å²) in [5.41, 5.74) is 9.06. The number of hydrogen-bond donors (Lipinski definition) is 3. The first kappa shape index (κ1) is 20.2. The van der Waals surface area contributed by atoms with Crippen molar-refractivity contribution in [2.45, 2.75) is 4.90 Å². The van der Waals surface area contributed by atoms with E-state index in [1.54, 1.807) is 67.0 Å². The molecule has 1 amide bonds. The Labute approximate surface area is 179 Å². The molecule has 31 heavy (non-hydrogen) atoms. The summed E-state index contributed by atoms with van der Waals surface area (Å²) in [5.74, 6) is -0.372. The highest BCUT2D eigenvalue weighted by Crippen LogP contribution is 2.22. The molecule has 0 saturated carbocycles. The molecule has 156 valence electrons. The van der Waals surface area contributed by atoms with Crippen LogP contribution in [0.5, 0.6) is 0 Å². The Balaban J connectivity index is 1.48. The summed E-state index contributed by atoms with van der Waals surface area (Å²) in [6.45, 7) is 0. The molecule has 4 N–H and O–H groups in total. The monoisotopic (exact) mass is 433 g/mol. The fourth-order valence-electron chi connectivity index (χ4n) is 2.95. The van der Waals surface area contributed by atoms with Crippen LogP contribution in [0.3, 0.4) is 0 Å². The highest BCUT2D eigenvalue weighted by atomic mass is 32.2. The topological polar surface area (TPSA) is 123 Å². The average molecular weight is 433 g/mol. The van der Waals surface area contributed by atoms with Crippen LogP contribution in [0.4, 0.5) is 11.4 Å². The van der Waals surface area contributed by atoms with E-state index in [1.165, 1.54) is 24.5 Å². The van der Waals surface area contributed by atoms with Gasteiger partial charge in [-0.2, -0.15) is 5.10 Å². The van der Waals surface area contributed by atoms with Crippen LogP contribution in [0.1, 0.15) is 5.56 Å². The lowest BCUT2D eigenvalue weighted by Crippen LogP contribution is -2.10. The molecule has 0 aliphatic rings. The van der Waals surface area contributed by atoms with E-state index in [4.69, 9.17) is 5.73 Å². The minimum absolute atomic E-state index is 0.156. The van der Waals surface area contributed by atoms with Crippen LogP contribution < -0.4 is 11.1 Å². The summed E-state index contributed by atoms with van der Waals surface area (Å²) in [5, 5.41) is 9.29. The molecule has 8 nitrogen and oxygen atoms in total. The van der Waals surface area contributed by atoms with E-state index in [2.05, 4.69) is 15.5 Å². The Morgan fingerprint density at radius 2 is 1.84 bits per heavy atom. The van der Waals surface area contributed by atoms with Crippen molar-refractivity contribution in [2.75, 3.05) is 11.1 Å². The Morgan fingerprint density at radius 3 is 2.55 bits per heavy atom. The predicted molar refractivity (Wildman–Crippen MR) is 120 cm³/mol. The van der Waals surface area contributed by atoms with Crippen molar-refractivity contribution in [1.82, 2.24) is 14.2 Å². The van der Waals surface area contributed by atoms with Crippen molar-refractivity contribution in [2.24, 2.45) is 0 Å². The zero-order chi connectivity index (χ0) is 21.8. The van der Waals surface area contributed by atoms with Crippen LogP contribution in [0.2, 0.25) is 0 Å².